The number of carbonyl (C=O) groups excluding carboxylic acids is 2. The van der Waals surface area contributed by atoms with Crippen molar-refractivity contribution in [2.24, 2.45) is 5.92 Å². The van der Waals surface area contributed by atoms with Crippen molar-refractivity contribution in [3.05, 3.63) is 78.2 Å². The highest BCUT2D eigenvalue weighted by atomic mass is 16.5. The summed E-state index contributed by atoms with van der Waals surface area (Å²) in [6.45, 7) is 7.75. The maximum absolute atomic E-state index is 12.2. The average Bonchev–Trinajstić information content (AvgIpc) is 2.71. The van der Waals surface area contributed by atoms with Crippen LogP contribution in [0.5, 0.6) is 0 Å². The van der Waals surface area contributed by atoms with Gasteiger partial charge in [-0.3, -0.25) is 4.79 Å². The molecular weight excluding hydrogens is 356 g/mol. The van der Waals surface area contributed by atoms with Crippen LogP contribution in [0.2, 0.25) is 0 Å². The third kappa shape index (κ3) is 4.43. The van der Waals surface area contributed by atoms with Crippen LogP contribution in [0, 0.1) is 5.92 Å². The first-order valence-corrected chi connectivity index (χ1v) is 8.98. The highest BCUT2D eigenvalue weighted by molar-refractivity contribution is 5.89. The number of dihydropyridines is 1. The van der Waals surface area contributed by atoms with E-state index in [0.717, 1.165) is 11.1 Å². The Morgan fingerprint density at radius 1 is 1.39 bits per heavy atom. The third-order valence-corrected chi connectivity index (χ3v) is 4.07. The molecule has 2 heterocycles. The summed E-state index contributed by atoms with van der Waals surface area (Å²) < 4.78 is 5.24. The molecule has 0 bridgehead atoms. The van der Waals surface area contributed by atoms with Crippen LogP contribution in [-0.4, -0.2) is 34.5 Å². The Labute approximate surface area is 163 Å². The van der Waals surface area contributed by atoms with Crippen LogP contribution >= 0.6 is 0 Å². The number of carbonyl (C=O) groups is 2. The Bertz CT molecular complexity index is 925. The largest absolute Gasteiger partial charge is 0.461 e. The monoisotopic (exact) mass is 378 g/mol. The summed E-state index contributed by atoms with van der Waals surface area (Å²) in [4.78, 5) is 32.5. The maximum atomic E-state index is 12.2. The molecule has 7 nitrogen and oxygen atoms in total. The lowest BCUT2D eigenvalue weighted by Crippen LogP contribution is -2.33. The van der Waals surface area contributed by atoms with Crippen molar-refractivity contribution < 1.29 is 14.3 Å². The van der Waals surface area contributed by atoms with E-state index in [-0.39, 0.29) is 23.6 Å². The number of hydrogen-bond acceptors (Lipinski definition) is 6. The predicted octanol–water partition coefficient (Wildman–Crippen LogP) is 2.28. The summed E-state index contributed by atoms with van der Waals surface area (Å²) in [6, 6.07) is 1.45. The van der Waals surface area contributed by atoms with Crippen molar-refractivity contribution in [1.82, 2.24) is 20.6 Å². The van der Waals surface area contributed by atoms with Crippen molar-refractivity contribution in [3.63, 3.8) is 0 Å². The normalized spacial score (nSPS) is 17.5. The molecule has 1 unspecified atom stereocenters. The number of nitrogens with zero attached hydrogens (tertiary/aromatic N) is 2. The molecule has 2 N–H and O–H groups in total. The summed E-state index contributed by atoms with van der Waals surface area (Å²) in [5.41, 5.74) is 2.47. The molecule has 3 rings (SSSR count). The Kier molecular flexibility index (Phi) is 5.84. The van der Waals surface area contributed by atoms with Crippen molar-refractivity contribution in [2.75, 3.05) is 6.61 Å². The second-order valence-electron chi connectivity index (χ2n) is 6.76. The highest BCUT2D eigenvalue weighted by Crippen LogP contribution is 2.26. The van der Waals surface area contributed by atoms with Gasteiger partial charge in [0.1, 0.15) is 0 Å². The summed E-state index contributed by atoms with van der Waals surface area (Å²) in [5.74, 6) is -0.112. The smallest absolute Gasteiger partial charge is 0.357 e. The molecule has 1 amide bonds. The molecule has 1 aliphatic heterocycles. The van der Waals surface area contributed by atoms with Gasteiger partial charge in [0.15, 0.2) is 11.5 Å². The van der Waals surface area contributed by atoms with E-state index >= 15 is 0 Å². The standard InChI is InChI=1S/C21H22N4O3/c1-4-19(26)24-17-7-9-22-16-6-5-14(11-15(16)17)20-23-10-8-18(25-20)21(27)28-12-13(2)3/h4-11,13,16,22H,1,12H2,2-3H3,(H,24,26). The molecule has 1 atom stereocenters. The number of ether oxygens (including phenoxy) is 1. The summed E-state index contributed by atoms with van der Waals surface area (Å²) in [5, 5.41) is 6.01. The van der Waals surface area contributed by atoms with Gasteiger partial charge in [0.2, 0.25) is 5.91 Å². The first kappa shape index (κ1) is 19.3. The van der Waals surface area contributed by atoms with E-state index in [0.29, 0.717) is 18.1 Å². The van der Waals surface area contributed by atoms with E-state index in [1.807, 2.05) is 32.1 Å². The van der Waals surface area contributed by atoms with Crippen molar-refractivity contribution >= 4 is 17.4 Å². The number of rotatable bonds is 6. The minimum absolute atomic E-state index is 0.0759. The molecule has 0 saturated heterocycles. The van der Waals surface area contributed by atoms with E-state index in [2.05, 4.69) is 27.2 Å². The van der Waals surface area contributed by atoms with Gasteiger partial charge in [0.05, 0.1) is 12.6 Å². The zero-order valence-electron chi connectivity index (χ0n) is 15.8. The lowest BCUT2D eigenvalue weighted by Gasteiger charge is -2.25. The average molecular weight is 378 g/mol. The van der Waals surface area contributed by atoms with Gasteiger partial charge >= 0.3 is 5.97 Å². The number of hydrogen-bond donors (Lipinski definition) is 2. The van der Waals surface area contributed by atoms with Crippen LogP contribution in [0.25, 0.3) is 5.57 Å². The number of aromatic nitrogens is 2. The molecule has 7 heteroatoms. The van der Waals surface area contributed by atoms with Crippen LogP contribution in [0.4, 0.5) is 0 Å². The van der Waals surface area contributed by atoms with Crippen LogP contribution in [0.15, 0.2) is 66.7 Å². The van der Waals surface area contributed by atoms with E-state index in [1.165, 1.54) is 18.3 Å². The maximum Gasteiger partial charge on any atom is 0.357 e. The molecule has 0 radical (unpaired) electrons. The Morgan fingerprint density at radius 2 is 2.21 bits per heavy atom. The first-order chi connectivity index (χ1) is 13.5. The number of allylic oxidation sites excluding steroid dienone is 3. The van der Waals surface area contributed by atoms with Gasteiger partial charge in [0, 0.05) is 23.0 Å². The number of fused-ring (bicyclic) bond motifs is 1. The zero-order valence-corrected chi connectivity index (χ0v) is 15.8. The molecule has 2 aliphatic rings. The summed E-state index contributed by atoms with van der Waals surface area (Å²) in [7, 11) is 0. The first-order valence-electron chi connectivity index (χ1n) is 8.98. The second kappa shape index (κ2) is 8.47. The Hall–Kier alpha value is -3.48. The molecule has 0 saturated carbocycles. The van der Waals surface area contributed by atoms with Crippen molar-refractivity contribution in [2.45, 2.75) is 19.9 Å². The van der Waals surface area contributed by atoms with E-state index < -0.39 is 5.97 Å². The fourth-order valence-corrected chi connectivity index (χ4v) is 2.70. The molecule has 1 aliphatic carbocycles. The SMILES string of the molecule is C=CC(=O)NC1=C2C=C(c3nccc(C(=O)OCC(C)C)n3)C=CC2NC=C1. The molecule has 28 heavy (non-hydrogen) atoms. The van der Waals surface area contributed by atoms with Gasteiger partial charge in [0.25, 0.3) is 0 Å². The third-order valence-electron chi connectivity index (χ3n) is 4.07. The minimum atomic E-state index is -0.476. The molecule has 0 aromatic carbocycles. The number of amides is 1. The second-order valence-corrected chi connectivity index (χ2v) is 6.76. The minimum Gasteiger partial charge on any atom is -0.461 e. The topological polar surface area (TPSA) is 93.2 Å². The van der Waals surface area contributed by atoms with E-state index in [9.17, 15) is 9.59 Å². The summed E-state index contributed by atoms with van der Waals surface area (Å²) in [6.07, 6.45) is 12.0. The van der Waals surface area contributed by atoms with Crippen LogP contribution < -0.4 is 10.6 Å². The fraction of sp³-hybridized carbons (Fsp3) is 0.238. The van der Waals surface area contributed by atoms with Gasteiger partial charge in [-0.2, -0.15) is 0 Å². The Balaban J connectivity index is 1.89. The zero-order chi connectivity index (χ0) is 20.1. The Morgan fingerprint density at radius 3 is 2.96 bits per heavy atom. The highest BCUT2D eigenvalue weighted by Gasteiger charge is 2.22. The molecular formula is C21H22N4O3. The number of esters is 1. The fourth-order valence-electron chi connectivity index (χ4n) is 2.70. The van der Waals surface area contributed by atoms with Crippen molar-refractivity contribution in [1.29, 1.82) is 0 Å². The van der Waals surface area contributed by atoms with Gasteiger partial charge < -0.3 is 15.4 Å². The van der Waals surface area contributed by atoms with Gasteiger partial charge in [-0.05, 0) is 36.4 Å². The summed E-state index contributed by atoms with van der Waals surface area (Å²) >= 11 is 0. The van der Waals surface area contributed by atoms with Gasteiger partial charge in [-0.25, -0.2) is 14.8 Å². The van der Waals surface area contributed by atoms with Crippen LogP contribution in [-0.2, 0) is 9.53 Å². The lowest BCUT2D eigenvalue weighted by atomic mass is 9.93. The van der Waals surface area contributed by atoms with Crippen LogP contribution in [0.3, 0.4) is 0 Å². The lowest BCUT2D eigenvalue weighted by molar-refractivity contribution is -0.115. The molecule has 144 valence electrons. The molecule has 1 aromatic rings. The molecule has 0 fully saturated rings. The van der Waals surface area contributed by atoms with E-state index in [1.54, 1.807) is 12.3 Å². The number of nitrogens with one attached hydrogen (secondary N) is 2. The van der Waals surface area contributed by atoms with E-state index in [4.69, 9.17) is 4.74 Å². The molecule has 1 aromatic heterocycles. The van der Waals surface area contributed by atoms with Crippen LogP contribution in [0.1, 0.15) is 30.2 Å². The van der Waals surface area contributed by atoms with Gasteiger partial charge in [-0.1, -0.05) is 32.6 Å². The quantitative estimate of drug-likeness (QED) is 0.583. The van der Waals surface area contributed by atoms with Gasteiger partial charge in [-0.15, -0.1) is 0 Å². The molecule has 0 spiro atoms. The predicted molar refractivity (Wildman–Crippen MR) is 106 cm³/mol. The van der Waals surface area contributed by atoms with Crippen molar-refractivity contribution in [3.8, 4) is 0 Å².